The molecule has 0 saturated heterocycles. The van der Waals surface area contributed by atoms with E-state index in [1.807, 2.05) is 44.2 Å². The Morgan fingerprint density at radius 3 is 2.43 bits per heavy atom. The van der Waals surface area contributed by atoms with Gasteiger partial charge in [-0.2, -0.15) is 0 Å². The molecule has 1 atom stereocenters. The predicted octanol–water partition coefficient (Wildman–Crippen LogP) is 1.92. The van der Waals surface area contributed by atoms with E-state index in [4.69, 9.17) is 9.52 Å². The molecule has 0 radical (unpaired) electrons. The highest BCUT2D eigenvalue weighted by molar-refractivity contribution is 5.88. The van der Waals surface area contributed by atoms with Gasteiger partial charge in [0, 0.05) is 5.56 Å². The summed E-state index contributed by atoms with van der Waals surface area (Å²) in [7, 11) is 0. The number of carboxylic acids is 1. The molecule has 28 heavy (non-hydrogen) atoms. The van der Waals surface area contributed by atoms with Gasteiger partial charge < -0.3 is 20.2 Å². The SMILES string of the molecule is Cc1oc(-c2ccccc2)nc1CC(=O)NCC(=O)N[C@@H](CC(C)C)C(=O)O. The number of benzene rings is 1. The number of rotatable bonds is 9. The molecular formula is C20H25N3O5. The number of carbonyl (C=O) groups is 3. The van der Waals surface area contributed by atoms with Crippen molar-refractivity contribution in [3.63, 3.8) is 0 Å². The molecule has 0 spiro atoms. The maximum absolute atomic E-state index is 12.1. The highest BCUT2D eigenvalue weighted by Crippen LogP contribution is 2.21. The Morgan fingerprint density at radius 2 is 1.82 bits per heavy atom. The lowest BCUT2D eigenvalue weighted by Crippen LogP contribution is -2.46. The molecule has 8 nitrogen and oxygen atoms in total. The Bertz CT molecular complexity index is 830. The van der Waals surface area contributed by atoms with Crippen LogP contribution in [0.5, 0.6) is 0 Å². The lowest BCUT2D eigenvalue weighted by molar-refractivity contribution is -0.142. The summed E-state index contributed by atoms with van der Waals surface area (Å²) < 4.78 is 5.61. The standard InChI is InChI=1S/C20H25N3O5/c1-12(2)9-16(20(26)27)22-18(25)11-21-17(24)10-15-13(3)28-19(23-15)14-7-5-4-6-8-14/h4-8,12,16H,9-11H2,1-3H3,(H,21,24)(H,22,25)(H,26,27)/t16-/m0/s1. The first-order chi connectivity index (χ1) is 13.3. The molecule has 150 valence electrons. The number of hydrogen-bond donors (Lipinski definition) is 3. The number of nitrogens with one attached hydrogen (secondary N) is 2. The second-order valence-electron chi connectivity index (χ2n) is 6.93. The lowest BCUT2D eigenvalue weighted by atomic mass is 10.0. The van der Waals surface area contributed by atoms with Crippen LogP contribution in [0.25, 0.3) is 11.5 Å². The third-order valence-electron chi connectivity index (χ3n) is 4.03. The highest BCUT2D eigenvalue weighted by Gasteiger charge is 2.21. The van der Waals surface area contributed by atoms with E-state index in [0.717, 1.165) is 5.56 Å². The second-order valence-corrected chi connectivity index (χ2v) is 6.93. The van der Waals surface area contributed by atoms with Crippen molar-refractivity contribution >= 4 is 17.8 Å². The third-order valence-corrected chi connectivity index (χ3v) is 4.03. The fourth-order valence-electron chi connectivity index (χ4n) is 2.63. The molecule has 0 bridgehead atoms. The Hall–Kier alpha value is -3.16. The maximum atomic E-state index is 12.1. The zero-order valence-corrected chi connectivity index (χ0v) is 16.2. The van der Waals surface area contributed by atoms with Crippen LogP contribution in [0.15, 0.2) is 34.7 Å². The van der Waals surface area contributed by atoms with Crippen LogP contribution in [0.3, 0.4) is 0 Å². The van der Waals surface area contributed by atoms with Crippen LogP contribution in [0.4, 0.5) is 0 Å². The average Bonchev–Trinajstić information content (AvgIpc) is 3.00. The normalized spacial score (nSPS) is 11.9. The number of amides is 2. The fraction of sp³-hybridized carbons (Fsp3) is 0.400. The van der Waals surface area contributed by atoms with E-state index in [1.54, 1.807) is 6.92 Å². The van der Waals surface area contributed by atoms with Gasteiger partial charge in [-0.05, 0) is 31.4 Å². The summed E-state index contributed by atoms with van der Waals surface area (Å²) >= 11 is 0. The van der Waals surface area contributed by atoms with Gasteiger partial charge in [0.15, 0.2) is 0 Å². The summed E-state index contributed by atoms with van der Waals surface area (Å²) in [4.78, 5) is 39.6. The Balaban J connectivity index is 1.88. The number of nitrogens with zero attached hydrogens (tertiary/aromatic N) is 1. The van der Waals surface area contributed by atoms with Crippen LogP contribution in [0.1, 0.15) is 31.7 Å². The lowest BCUT2D eigenvalue weighted by Gasteiger charge is -2.16. The molecule has 2 amide bonds. The summed E-state index contributed by atoms with van der Waals surface area (Å²) in [5.74, 6) is -0.979. The summed E-state index contributed by atoms with van der Waals surface area (Å²) in [6.07, 6.45) is 0.277. The minimum atomic E-state index is -1.10. The molecule has 1 aromatic carbocycles. The van der Waals surface area contributed by atoms with Crippen molar-refractivity contribution < 1.29 is 23.9 Å². The van der Waals surface area contributed by atoms with Gasteiger partial charge in [-0.1, -0.05) is 32.0 Å². The zero-order chi connectivity index (χ0) is 20.7. The Labute approximate surface area is 163 Å². The molecule has 0 fully saturated rings. The molecule has 0 aliphatic carbocycles. The van der Waals surface area contributed by atoms with Crippen LogP contribution in [0.2, 0.25) is 0 Å². The summed E-state index contributed by atoms with van der Waals surface area (Å²) in [6.45, 7) is 5.16. The van der Waals surface area contributed by atoms with Crippen molar-refractivity contribution in [2.75, 3.05) is 6.54 Å². The molecule has 1 heterocycles. The molecule has 1 aromatic heterocycles. The van der Waals surface area contributed by atoms with Gasteiger partial charge in [-0.15, -0.1) is 0 Å². The quantitative estimate of drug-likeness (QED) is 0.604. The fourth-order valence-corrected chi connectivity index (χ4v) is 2.63. The van der Waals surface area contributed by atoms with Gasteiger partial charge >= 0.3 is 5.97 Å². The van der Waals surface area contributed by atoms with Crippen molar-refractivity contribution in [1.29, 1.82) is 0 Å². The van der Waals surface area contributed by atoms with Crippen LogP contribution in [0, 0.1) is 12.8 Å². The number of carbonyl (C=O) groups excluding carboxylic acids is 2. The molecular weight excluding hydrogens is 362 g/mol. The smallest absolute Gasteiger partial charge is 0.326 e. The number of carboxylic acid groups (broad SMARTS) is 1. The van der Waals surface area contributed by atoms with E-state index >= 15 is 0 Å². The highest BCUT2D eigenvalue weighted by atomic mass is 16.4. The first-order valence-electron chi connectivity index (χ1n) is 9.06. The van der Waals surface area contributed by atoms with Gasteiger partial charge in [0.25, 0.3) is 0 Å². The third kappa shape index (κ3) is 6.22. The molecule has 0 aliphatic heterocycles. The van der Waals surface area contributed by atoms with Crippen molar-refractivity contribution in [2.24, 2.45) is 5.92 Å². The van der Waals surface area contributed by atoms with Crippen molar-refractivity contribution in [3.8, 4) is 11.5 Å². The zero-order valence-electron chi connectivity index (χ0n) is 16.2. The van der Waals surface area contributed by atoms with Crippen molar-refractivity contribution in [2.45, 2.75) is 39.7 Å². The van der Waals surface area contributed by atoms with Gasteiger partial charge in [0.05, 0.1) is 18.7 Å². The Kier molecular flexibility index (Phi) is 7.31. The van der Waals surface area contributed by atoms with Crippen LogP contribution in [-0.2, 0) is 20.8 Å². The largest absolute Gasteiger partial charge is 0.480 e. The first-order valence-corrected chi connectivity index (χ1v) is 9.06. The number of hydrogen-bond acceptors (Lipinski definition) is 5. The van der Waals surface area contributed by atoms with E-state index in [-0.39, 0.29) is 18.9 Å². The van der Waals surface area contributed by atoms with E-state index in [1.165, 1.54) is 0 Å². The van der Waals surface area contributed by atoms with Gasteiger partial charge in [-0.25, -0.2) is 9.78 Å². The predicted molar refractivity (Wildman–Crippen MR) is 102 cm³/mol. The van der Waals surface area contributed by atoms with Crippen LogP contribution < -0.4 is 10.6 Å². The second kappa shape index (κ2) is 9.68. The maximum Gasteiger partial charge on any atom is 0.326 e. The minimum Gasteiger partial charge on any atom is -0.480 e. The molecule has 2 aromatic rings. The molecule has 0 saturated carbocycles. The monoisotopic (exact) mass is 387 g/mol. The summed E-state index contributed by atoms with van der Waals surface area (Å²) in [5.41, 5.74) is 1.29. The van der Waals surface area contributed by atoms with E-state index in [9.17, 15) is 14.4 Å². The van der Waals surface area contributed by atoms with E-state index in [2.05, 4.69) is 15.6 Å². The van der Waals surface area contributed by atoms with Crippen molar-refractivity contribution in [3.05, 3.63) is 41.8 Å². The molecule has 8 heteroatoms. The van der Waals surface area contributed by atoms with Gasteiger partial charge in [0.2, 0.25) is 17.7 Å². The van der Waals surface area contributed by atoms with E-state index in [0.29, 0.717) is 23.8 Å². The number of aliphatic carboxylic acids is 1. The molecule has 0 unspecified atom stereocenters. The van der Waals surface area contributed by atoms with E-state index < -0.39 is 23.8 Å². The number of oxazole rings is 1. The molecule has 0 aliphatic rings. The van der Waals surface area contributed by atoms with Crippen molar-refractivity contribution in [1.82, 2.24) is 15.6 Å². The molecule has 3 N–H and O–H groups in total. The Morgan fingerprint density at radius 1 is 1.14 bits per heavy atom. The average molecular weight is 387 g/mol. The number of aromatic nitrogens is 1. The van der Waals surface area contributed by atoms with Gasteiger partial charge in [0.1, 0.15) is 11.8 Å². The van der Waals surface area contributed by atoms with Crippen LogP contribution >= 0.6 is 0 Å². The first kappa shape index (κ1) is 21.1. The summed E-state index contributed by atoms with van der Waals surface area (Å²) in [6, 6.07) is 8.35. The topological polar surface area (TPSA) is 122 Å². The van der Waals surface area contributed by atoms with Crippen LogP contribution in [-0.4, -0.2) is 40.5 Å². The number of aryl methyl sites for hydroxylation is 1. The van der Waals surface area contributed by atoms with Gasteiger partial charge in [-0.3, -0.25) is 9.59 Å². The summed E-state index contributed by atoms with van der Waals surface area (Å²) in [5, 5.41) is 14.0. The minimum absolute atomic E-state index is 0.0379. The molecule has 2 rings (SSSR count).